The first-order valence-corrected chi connectivity index (χ1v) is 11.1. The largest absolute Gasteiger partial charge is 0.492 e. The first kappa shape index (κ1) is 20.3. The van der Waals surface area contributed by atoms with E-state index in [0.717, 1.165) is 4.57 Å². The molecular weight excluding hydrogens is 408 g/mol. The molecule has 3 rings (SSSR count). The Morgan fingerprint density at radius 1 is 1.25 bits per heavy atom. The van der Waals surface area contributed by atoms with E-state index in [-0.39, 0.29) is 17.3 Å². The van der Waals surface area contributed by atoms with Crippen molar-refractivity contribution in [2.24, 2.45) is 7.05 Å². The number of nitrogens with one attached hydrogen (secondary N) is 1. The van der Waals surface area contributed by atoms with Gasteiger partial charge in [0, 0.05) is 24.3 Å². The number of hydrogen-bond donors (Lipinski definition) is 1. The van der Waals surface area contributed by atoms with Crippen molar-refractivity contribution in [2.75, 3.05) is 23.5 Å². The molecule has 1 aliphatic heterocycles. The molecule has 0 bridgehead atoms. The Balaban J connectivity index is 2.30. The zero-order valence-electron chi connectivity index (χ0n) is 15.7. The lowest BCUT2D eigenvalue weighted by Crippen LogP contribution is -2.39. The van der Waals surface area contributed by atoms with Crippen LogP contribution in [0, 0.1) is 0 Å². The number of aromatic nitrogens is 2. The lowest BCUT2D eigenvalue weighted by molar-refractivity contribution is 0.340. The van der Waals surface area contributed by atoms with Crippen molar-refractivity contribution in [3.8, 4) is 5.75 Å². The number of rotatable bonds is 6. The Bertz CT molecular complexity index is 1140. The maximum absolute atomic E-state index is 12.7. The van der Waals surface area contributed by atoms with Crippen molar-refractivity contribution in [1.29, 1.82) is 0 Å². The van der Waals surface area contributed by atoms with Crippen LogP contribution >= 0.6 is 10.7 Å². The SMILES string of the molecule is CCCn1c2c(c(=O)n(C)c1=O)NCN2c1cc(S(=O)(=O)Cl)ccc1OCC. The Kier molecular flexibility index (Phi) is 5.44. The van der Waals surface area contributed by atoms with Gasteiger partial charge in [-0.15, -0.1) is 0 Å². The van der Waals surface area contributed by atoms with Gasteiger partial charge in [0.25, 0.3) is 14.6 Å². The van der Waals surface area contributed by atoms with Gasteiger partial charge >= 0.3 is 5.69 Å². The Morgan fingerprint density at radius 2 is 1.96 bits per heavy atom. The van der Waals surface area contributed by atoms with Crippen molar-refractivity contribution in [3.05, 3.63) is 39.0 Å². The standard InChI is InChI=1S/C17H21ClN4O5S/c1-4-8-21-15-14(16(23)20(3)17(21)24)19-10-22(15)12-9-11(28(18,25)26)6-7-13(12)27-5-2/h6-7,9,19H,4-5,8,10H2,1-3H3. The highest BCUT2D eigenvalue weighted by atomic mass is 35.7. The molecule has 0 radical (unpaired) electrons. The van der Waals surface area contributed by atoms with Crippen molar-refractivity contribution >= 4 is 36.9 Å². The number of nitrogens with zero attached hydrogens (tertiary/aromatic N) is 3. The van der Waals surface area contributed by atoms with E-state index in [1.54, 1.807) is 11.8 Å². The second-order valence-corrected chi connectivity index (χ2v) is 8.83. The lowest BCUT2D eigenvalue weighted by Gasteiger charge is -2.24. The van der Waals surface area contributed by atoms with E-state index in [9.17, 15) is 18.0 Å². The van der Waals surface area contributed by atoms with Gasteiger partial charge in [0.2, 0.25) is 0 Å². The Hall–Kier alpha value is -2.46. The van der Waals surface area contributed by atoms with Gasteiger partial charge in [-0.05, 0) is 31.5 Å². The molecule has 1 aromatic carbocycles. The number of benzene rings is 1. The molecular formula is C17H21ClN4O5S. The van der Waals surface area contributed by atoms with Gasteiger partial charge in [-0.25, -0.2) is 13.2 Å². The number of anilines is 3. The van der Waals surface area contributed by atoms with E-state index < -0.39 is 20.3 Å². The van der Waals surface area contributed by atoms with Crippen LogP contribution in [0.5, 0.6) is 5.75 Å². The number of hydrogen-bond acceptors (Lipinski definition) is 7. The van der Waals surface area contributed by atoms with Crippen LogP contribution in [-0.2, 0) is 22.6 Å². The zero-order valence-corrected chi connectivity index (χ0v) is 17.3. The summed E-state index contributed by atoms with van der Waals surface area (Å²) in [5.41, 5.74) is -0.225. The van der Waals surface area contributed by atoms with Crippen molar-refractivity contribution in [3.63, 3.8) is 0 Å². The van der Waals surface area contributed by atoms with E-state index in [0.29, 0.717) is 36.8 Å². The molecule has 9 nitrogen and oxygen atoms in total. The molecule has 152 valence electrons. The molecule has 0 saturated heterocycles. The van der Waals surface area contributed by atoms with Crippen LogP contribution in [0.1, 0.15) is 20.3 Å². The van der Waals surface area contributed by atoms with Crippen LogP contribution in [-0.4, -0.2) is 30.8 Å². The van der Waals surface area contributed by atoms with Gasteiger partial charge in [-0.3, -0.25) is 13.9 Å². The molecule has 28 heavy (non-hydrogen) atoms. The molecule has 0 atom stereocenters. The average molecular weight is 429 g/mol. The number of fused-ring (bicyclic) bond motifs is 1. The highest BCUT2D eigenvalue weighted by molar-refractivity contribution is 8.13. The predicted octanol–water partition coefficient (Wildman–Crippen LogP) is 1.80. The third-order valence-electron chi connectivity index (χ3n) is 4.44. The molecule has 0 amide bonds. The summed E-state index contributed by atoms with van der Waals surface area (Å²) < 4.78 is 31.8. The maximum atomic E-state index is 12.7. The summed E-state index contributed by atoms with van der Waals surface area (Å²) in [5.74, 6) is 0.789. The van der Waals surface area contributed by atoms with Gasteiger partial charge in [-0.1, -0.05) is 6.92 Å². The first-order valence-electron chi connectivity index (χ1n) is 8.77. The Morgan fingerprint density at radius 3 is 2.57 bits per heavy atom. The van der Waals surface area contributed by atoms with Gasteiger partial charge in [0.15, 0.2) is 0 Å². The highest BCUT2D eigenvalue weighted by Gasteiger charge is 2.31. The van der Waals surface area contributed by atoms with E-state index >= 15 is 0 Å². The fraction of sp³-hybridized carbons (Fsp3) is 0.412. The van der Waals surface area contributed by atoms with Gasteiger partial charge in [0.05, 0.1) is 23.9 Å². The van der Waals surface area contributed by atoms with Crippen LogP contribution < -0.4 is 26.2 Å². The fourth-order valence-corrected chi connectivity index (χ4v) is 3.96. The average Bonchev–Trinajstić information content (AvgIpc) is 3.08. The molecule has 0 unspecified atom stereocenters. The van der Waals surface area contributed by atoms with E-state index in [2.05, 4.69) is 5.32 Å². The van der Waals surface area contributed by atoms with Crippen LogP contribution in [0.3, 0.4) is 0 Å². The molecule has 2 aromatic rings. The maximum Gasteiger partial charge on any atom is 0.332 e. The third kappa shape index (κ3) is 3.37. The quantitative estimate of drug-likeness (QED) is 0.700. The molecule has 1 N–H and O–H groups in total. The minimum absolute atomic E-state index is 0.103. The van der Waals surface area contributed by atoms with Crippen LogP contribution in [0.25, 0.3) is 0 Å². The molecule has 11 heteroatoms. The number of ether oxygens (including phenoxy) is 1. The minimum Gasteiger partial charge on any atom is -0.492 e. The van der Waals surface area contributed by atoms with Crippen molar-refractivity contribution < 1.29 is 13.2 Å². The van der Waals surface area contributed by atoms with Gasteiger partial charge in [-0.2, -0.15) is 0 Å². The minimum atomic E-state index is -3.97. The number of halogens is 1. The summed E-state index contributed by atoms with van der Waals surface area (Å²) >= 11 is 0. The molecule has 1 aromatic heterocycles. The highest BCUT2D eigenvalue weighted by Crippen LogP contribution is 2.40. The predicted molar refractivity (Wildman–Crippen MR) is 108 cm³/mol. The molecule has 0 spiro atoms. The topological polar surface area (TPSA) is 103 Å². The fourth-order valence-electron chi connectivity index (χ4n) is 3.19. The summed E-state index contributed by atoms with van der Waals surface area (Å²) in [4.78, 5) is 26.8. The molecule has 2 heterocycles. The van der Waals surface area contributed by atoms with Crippen LogP contribution in [0.4, 0.5) is 17.2 Å². The van der Waals surface area contributed by atoms with E-state index in [1.165, 1.54) is 29.8 Å². The third-order valence-corrected chi connectivity index (χ3v) is 5.79. The molecule has 0 fully saturated rings. The van der Waals surface area contributed by atoms with Crippen LogP contribution in [0.15, 0.2) is 32.7 Å². The summed E-state index contributed by atoms with van der Waals surface area (Å²) in [5, 5.41) is 3.01. The monoisotopic (exact) mass is 428 g/mol. The van der Waals surface area contributed by atoms with Crippen LogP contribution in [0.2, 0.25) is 0 Å². The van der Waals surface area contributed by atoms with Gasteiger partial charge in [0.1, 0.15) is 17.3 Å². The molecule has 0 aliphatic carbocycles. The molecule has 1 aliphatic rings. The Labute approximate surface area is 166 Å². The summed E-state index contributed by atoms with van der Waals surface area (Å²) in [6.45, 7) is 4.64. The lowest BCUT2D eigenvalue weighted by atomic mass is 10.2. The summed E-state index contributed by atoms with van der Waals surface area (Å²) in [6.07, 6.45) is 0.673. The van der Waals surface area contributed by atoms with Gasteiger partial charge < -0.3 is 15.0 Å². The van der Waals surface area contributed by atoms with E-state index in [4.69, 9.17) is 15.4 Å². The molecule has 0 saturated carbocycles. The normalized spacial score (nSPS) is 13.4. The summed E-state index contributed by atoms with van der Waals surface area (Å²) in [6, 6.07) is 4.24. The van der Waals surface area contributed by atoms with Crippen molar-refractivity contribution in [2.45, 2.75) is 31.7 Å². The first-order chi connectivity index (χ1) is 13.2. The zero-order chi connectivity index (χ0) is 20.6. The smallest absolute Gasteiger partial charge is 0.332 e. The summed E-state index contributed by atoms with van der Waals surface area (Å²) in [7, 11) is 2.96. The van der Waals surface area contributed by atoms with E-state index in [1.807, 2.05) is 6.92 Å². The second kappa shape index (κ2) is 7.51. The second-order valence-electron chi connectivity index (χ2n) is 6.26. The van der Waals surface area contributed by atoms with Crippen molar-refractivity contribution in [1.82, 2.24) is 9.13 Å².